The number of furan rings is 1. The molecule has 5 aromatic rings. The fourth-order valence-electron chi connectivity index (χ4n) is 3.70. The summed E-state index contributed by atoms with van der Waals surface area (Å²) in [7, 11) is 1.28. The van der Waals surface area contributed by atoms with Crippen molar-refractivity contribution >= 4 is 45.7 Å². The van der Waals surface area contributed by atoms with E-state index >= 15 is 0 Å². The SMILES string of the molecule is COC(=O)[C@H](C)Oc1ccc(C=Nn2c(-c3cc4ccccc4o3)nc3ccccc3c2=O)cc1Cl. The van der Waals surface area contributed by atoms with Gasteiger partial charge in [0, 0.05) is 5.39 Å². The summed E-state index contributed by atoms with van der Waals surface area (Å²) >= 11 is 6.35. The first-order chi connectivity index (χ1) is 17.4. The lowest BCUT2D eigenvalue weighted by molar-refractivity contribution is -0.147. The molecule has 0 aliphatic rings. The number of hydrogen-bond acceptors (Lipinski definition) is 7. The highest BCUT2D eigenvalue weighted by atomic mass is 35.5. The van der Waals surface area contributed by atoms with E-state index in [1.165, 1.54) is 18.0 Å². The molecular weight excluding hydrogens is 482 g/mol. The van der Waals surface area contributed by atoms with Crippen molar-refractivity contribution in [2.75, 3.05) is 7.11 Å². The molecular formula is C27H20ClN3O5. The van der Waals surface area contributed by atoms with E-state index in [0.29, 0.717) is 33.6 Å². The molecule has 0 saturated heterocycles. The first kappa shape index (κ1) is 23.3. The van der Waals surface area contributed by atoms with Gasteiger partial charge in [0.2, 0.25) is 5.82 Å². The fourth-order valence-corrected chi connectivity index (χ4v) is 3.94. The van der Waals surface area contributed by atoms with E-state index < -0.39 is 12.1 Å². The minimum Gasteiger partial charge on any atom is -0.477 e. The number of ether oxygens (including phenoxy) is 2. The molecule has 0 spiro atoms. The molecule has 1 atom stereocenters. The molecule has 5 rings (SSSR count). The van der Waals surface area contributed by atoms with Gasteiger partial charge in [0.15, 0.2) is 11.9 Å². The van der Waals surface area contributed by atoms with Crippen LogP contribution in [0.5, 0.6) is 5.75 Å². The van der Waals surface area contributed by atoms with Crippen molar-refractivity contribution < 1.29 is 18.7 Å². The van der Waals surface area contributed by atoms with Crippen LogP contribution in [0.4, 0.5) is 0 Å². The Balaban J connectivity index is 1.56. The van der Waals surface area contributed by atoms with Crippen molar-refractivity contribution in [3.8, 4) is 17.3 Å². The van der Waals surface area contributed by atoms with E-state index in [4.69, 9.17) is 20.8 Å². The average Bonchev–Trinajstić information content (AvgIpc) is 3.33. The lowest BCUT2D eigenvalue weighted by atomic mass is 10.2. The maximum atomic E-state index is 13.4. The summed E-state index contributed by atoms with van der Waals surface area (Å²) in [6.07, 6.45) is 0.671. The van der Waals surface area contributed by atoms with Crippen LogP contribution in [0.15, 0.2) is 87.1 Å². The third-order valence-electron chi connectivity index (χ3n) is 5.51. The zero-order chi connectivity index (χ0) is 25.2. The van der Waals surface area contributed by atoms with Gasteiger partial charge in [-0.15, -0.1) is 0 Å². The maximum absolute atomic E-state index is 13.4. The van der Waals surface area contributed by atoms with E-state index in [9.17, 15) is 9.59 Å². The number of esters is 1. The van der Waals surface area contributed by atoms with Gasteiger partial charge in [-0.25, -0.2) is 9.78 Å². The van der Waals surface area contributed by atoms with E-state index in [-0.39, 0.29) is 16.4 Å². The highest BCUT2D eigenvalue weighted by molar-refractivity contribution is 6.32. The molecule has 0 unspecified atom stereocenters. The number of carbonyl (C=O) groups is 1. The van der Waals surface area contributed by atoms with Crippen LogP contribution >= 0.6 is 11.6 Å². The van der Waals surface area contributed by atoms with Crippen LogP contribution in [0.1, 0.15) is 12.5 Å². The molecule has 180 valence electrons. The smallest absolute Gasteiger partial charge is 0.346 e. The predicted octanol–water partition coefficient (Wildman–Crippen LogP) is 5.29. The molecule has 0 fully saturated rings. The Hall–Kier alpha value is -4.43. The highest BCUT2D eigenvalue weighted by Gasteiger charge is 2.18. The third kappa shape index (κ3) is 4.46. The van der Waals surface area contributed by atoms with Crippen molar-refractivity contribution in [2.24, 2.45) is 5.10 Å². The van der Waals surface area contributed by atoms with Gasteiger partial charge in [0.25, 0.3) is 5.56 Å². The number of methoxy groups -OCH3 is 1. The molecule has 0 aliphatic carbocycles. The highest BCUT2D eigenvalue weighted by Crippen LogP contribution is 2.28. The second-order valence-electron chi connectivity index (χ2n) is 7.94. The fraction of sp³-hybridized carbons (Fsp3) is 0.111. The van der Waals surface area contributed by atoms with Crippen LogP contribution in [-0.4, -0.2) is 35.1 Å². The standard InChI is InChI=1S/C27H20ClN3O5/c1-16(27(33)34-2)35-23-12-11-17(13-20(23)28)15-29-31-25(24-14-18-7-3-6-10-22(18)36-24)30-21-9-5-4-8-19(21)26(31)32/h3-16H,1-2H3/t16-/m0/s1. The van der Waals surface area contributed by atoms with Crippen molar-refractivity contribution in [1.29, 1.82) is 0 Å². The van der Waals surface area contributed by atoms with Gasteiger partial charge in [-0.05, 0) is 55.0 Å². The predicted molar refractivity (Wildman–Crippen MR) is 138 cm³/mol. The Morgan fingerprint density at radius 2 is 1.89 bits per heavy atom. The number of carbonyl (C=O) groups excluding carboxylic acids is 1. The second kappa shape index (κ2) is 9.67. The van der Waals surface area contributed by atoms with Gasteiger partial charge in [0.05, 0.1) is 29.2 Å². The average molecular weight is 502 g/mol. The van der Waals surface area contributed by atoms with Gasteiger partial charge in [0.1, 0.15) is 11.3 Å². The zero-order valence-electron chi connectivity index (χ0n) is 19.3. The van der Waals surface area contributed by atoms with Crippen LogP contribution in [0.3, 0.4) is 0 Å². The summed E-state index contributed by atoms with van der Waals surface area (Å²) in [5.74, 6) is 0.483. The quantitative estimate of drug-likeness (QED) is 0.232. The minimum absolute atomic E-state index is 0.268. The topological polar surface area (TPSA) is 95.9 Å². The van der Waals surface area contributed by atoms with Gasteiger partial charge in [-0.2, -0.15) is 9.78 Å². The van der Waals surface area contributed by atoms with Gasteiger partial charge >= 0.3 is 5.97 Å². The molecule has 0 N–H and O–H groups in total. The van der Waals surface area contributed by atoms with Crippen LogP contribution in [-0.2, 0) is 9.53 Å². The van der Waals surface area contributed by atoms with Crippen molar-refractivity contribution in [2.45, 2.75) is 13.0 Å². The lowest BCUT2D eigenvalue weighted by Crippen LogP contribution is -2.25. The van der Waals surface area contributed by atoms with E-state index in [1.807, 2.05) is 36.4 Å². The van der Waals surface area contributed by atoms with Crippen molar-refractivity contribution in [1.82, 2.24) is 9.66 Å². The van der Waals surface area contributed by atoms with E-state index in [2.05, 4.69) is 14.8 Å². The normalized spacial score (nSPS) is 12.3. The number of para-hydroxylation sites is 2. The minimum atomic E-state index is -0.819. The molecule has 36 heavy (non-hydrogen) atoms. The molecule has 0 amide bonds. The second-order valence-corrected chi connectivity index (χ2v) is 8.34. The number of benzene rings is 3. The molecule has 3 aromatic carbocycles. The Bertz CT molecular complexity index is 1660. The van der Waals surface area contributed by atoms with Crippen molar-refractivity contribution in [3.63, 3.8) is 0 Å². The van der Waals surface area contributed by atoms with Crippen LogP contribution in [0, 0.1) is 0 Å². The molecule has 0 aliphatic heterocycles. The Morgan fingerprint density at radius 3 is 2.67 bits per heavy atom. The third-order valence-corrected chi connectivity index (χ3v) is 5.81. The molecule has 0 bridgehead atoms. The summed E-state index contributed by atoms with van der Waals surface area (Å²) in [4.78, 5) is 29.7. The van der Waals surface area contributed by atoms with Crippen molar-refractivity contribution in [3.05, 3.63) is 93.7 Å². The van der Waals surface area contributed by atoms with E-state index in [0.717, 1.165) is 5.39 Å². The van der Waals surface area contributed by atoms with Crippen LogP contribution in [0.25, 0.3) is 33.5 Å². The van der Waals surface area contributed by atoms with Gasteiger partial charge in [-0.3, -0.25) is 4.79 Å². The Labute approximate surface area is 210 Å². The summed E-state index contributed by atoms with van der Waals surface area (Å²) in [5.41, 5.74) is 1.47. The van der Waals surface area contributed by atoms with Gasteiger partial charge < -0.3 is 13.9 Å². The molecule has 8 nitrogen and oxygen atoms in total. The summed E-state index contributed by atoms with van der Waals surface area (Å²) in [6, 6.07) is 21.4. The Kier molecular flexibility index (Phi) is 6.26. The first-order valence-corrected chi connectivity index (χ1v) is 11.4. The number of halogens is 1. The number of aromatic nitrogens is 2. The summed E-state index contributed by atoms with van der Waals surface area (Å²) in [6.45, 7) is 1.57. The molecule has 2 aromatic heterocycles. The molecule has 0 saturated carbocycles. The van der Waals surface area contributed by atoms with E-state index in [1.54, 1.807) is 43.3 Å². The molecule has 2 heterocycles. The van der Waals surface area contributed by atoms with Gasteiger partial charge in [-0.1, -0.05) is 41.9 Å². The Morgan fingerprint density at radius 1 is 1.11 bits per heavy atom. The number of nitrogens with zero attached hydrogens (tertiary/aromatic N) is 3. The first-order valence-electron chi connectivity index (χ1n) is 11.0. The number of rotatable bonds is 6. The largest absolute Gasteiger partial charge is 0.477 e. The maximum Gasteiger partial charge on any atom is 0.346 e. The molecule has 0 radical (unpaired) electrons. The van der Waals surface area contributed by atoms with Crippen LogP contribution in [0.2, 0.25) is 5.02 Å². The number of hydrogen-bond donors (Lipinski definition) is 0. The summed E-state index contributed by atoms with van der Waals surface area (Å²) in [5, 5.41) is 6.01. The molecule has 9 heteroatoms. The zero-order valence-corrected chi connectivity index (χ0v) is 20.1. The summed E-state index contributed by atoms with van der Waals surface area (Å²) < 4.78 is 17.4. The lowest BCUT2D eigenvalue weighted by Gasteiger charge is -2.13. The number of fused-ring (bicyclic) bond motifs is 2. The van der Waals surface area contributed by atoms with Crippen LogP contribution < -0.4 is 10.3 Å². The monoisotopic (exact) mass is 501 g/mol.